The predicted octanol–water partition coefficient (Wildman–Crippen LogP) is 5.58. The van der Waals surface area contributed by atoms with Gasteiger partial charge in [0.15, 0.2) is 5.69 Å². The number of nitrogens with zero attached hydrogens (tertiary/aromatic N) is 4. The number of benzene rings is 1. The van der Waals surface area contributed by atoms with Gasteiger partial charge in [-0.2, -0.15) is 0 Å². The van der Waals surface area contributed by atoms with Gasteiger partial charge in [-0.05, 0) is 29.5 Å². The SMILES string of the molecule is CCCCc1nc(C(=O)CC2CCCCC2)nn1Cc1ccc(-c2cccnc2C(=O)O)cc1. The third-order valence-corrected chi connectivity index (χ3v) is 6.56. The molecule has 0 spiro atoms. The number of carboxylic acid groups (broad SMARTS) is 1. The van der Waals surface area contributed by atoms with Crippen molar-refractivity contribution in [3.05, 3.63) is 65.5 Å². The first-order chi connectivity index (χ1) is 16.5. The molecule has 4 rings (SSSR count). The van der Waals surface area contributed by atoms with Crippen LogP contribution < -0.4 is 0 Å². The number of hydrogen-bond acceptors (Lipinski definition) is 5. The largest absolute Gasteiger partial charge is 0.476 e. The van der Waals surface area contributed by atoms with Gasteiger partial charge in [-0.15, -0.1) is 5.10 Å². The van der Waals surface area contributed by atoms with E-state index in [9.17, 15) is 14.7 Å². The van der Waals surface area contributed by atoms with Crippen molar-refractivity contribution in [1.82, 2.24) is 19.7 Å². The molecule has 0 atom stereocenters. The highest BCUT2D eigenvalue weighted by Gasteiger charge is 2.22. The second kappa shape index (κ2) is 11.2. The molecular weight excluding hydrogens is 428 g/mol. The van der Waals surface area contributed by atoms with Crippen LogP contribution in [-0.2, 0) is 13.0 Å². The van der Waals surface area contributed by atoms with E-state index in [-0.39, 0.29) is 11.5 Å². The summed E-state index contributed by atoms with van der Waals surface area (Å²) in [6.45, 7) is 2.65. The summed E-state index contributed by atoms with van der Waals surface area (Å²) in [4.78, 5) is 33.0. The average Bonchev–Trinajstić information content (AvgIpc) is 3.26. The minimum absolute atomic E-state index is 0.0366. The number of carbonyl (C=O) groups is 2. The highest BCUT2D eigenvalue weighted by molar-refractivity contribution is 5.94. The highest BCUT2D eigenvalue weighted by atomic mass is 16.4. The molecule has 7 nitrogen and oxygen atoms in total. The lowest BCUT2D eigenvalue weighted by molar-refractivity contribution is 0.0691. The fourth-order valence-electron chi connectivity index (χ4n) is 4.66. The zero-order chi connectivity index (χ0) is 23.9. The summed E-state index contributed by atoms with van der Waals surface area (Å²) < 4.78 is 1.85. The first-order valence-electron chi connectivity index (χ1n) is 12.3. The van der Waals surface area contributed by atoms with Crippen molar-refractivity contribution in [3.8, 4) is 11.1 Å². The molecule has 3 aromatic rings. The normalized spacial score (nSPS) is 14.3. The van der Waals surface area contributed by atoms with Crippen molar-refractivity contribution in [2.45, 2.75) is 71.3 Å². The number of aryl methyl sites for hydroxylation is 1. The minimum Gasteiger partial charge on any atom is -0.476 e. The van der Waals surface area contributed by atoms with E-state index in [1.807, 2.05) is 28.9 Å². The van der Waals surface area contributed by atoms with Crippen LogP contribution in [0.2, 0.25) is 0 Å². The maximum Gasteiger partial charge on any atom is 0.355 e. The van der Waals surface area contributed by atoms with Crippen LogP contribution in [-0.4, -0.2) is 36.6 Å². The fourth-order valence-corrected chi connectivity index (χ4v) is 4.66. The summed E-state index contributed by atoms with van der Waals surface area (Å²) in [5, 5.41) is 14.0. The van der Waals surface area contributed by atoms with Crippen molar-refractivity contribution in [2.24, 2.45) is 5.92 Å². The highest BCUT2D eigenvalue weighted by Crippen LogP contribution is 2.27. The van der Waals surface area contributed by atoms with Crippen molar-refractivity contribution in [1.29, 1.82) is 0 Å². The number of rotatable bonds is 10. The third kappa shape index (κ3) is 5.76. The predicted molar refractivity (Wildman–Crippen MR) is 130 cm³/mol. The molecule has 1 aliphatic carbocycles. The Bertz CT molecular complexity index is 1130. The molecule has 178 valence electrons. The van der Waals surface area contributed by atoms with Gasteiger partial charge in [0.1, 0.15) is 5.82 Å². The maximum atomic E-state index is 12.9. The first kappa shape index (κ1) is 23.8. The van der Waals surface area contributed by atoms with E-state index in [1.54, 1.807) is 12.1 Å². The molecule has 2 aromatic heterocycles. The van der Waals surface area contributed by atoms with Crippen LogP contribution in [0.15, 0.2) is 42.6 Å². The summed E-state index contributed by atoms with van der Waals surface area (Å²) in [5.74, 6) is 0.654. The van der Waals surface area contributed by atoms with Gasteiger partial charge < -0.3 is 5.11 Å². The van der Waals surface area contributed by atoms with Crippen molar-refractivity contribution in [3.63, 3.8) is 0 Å². The van der Waals surface area contributed by atoms with Crippen LogP contribution in [0.5, 0.6) is 0 Å². The molecular formula is C27H32N4O3. The number of aromatic nitrogens is 4. The summed E-state index contributed by atoms with van der Waals surface area (Å²) in [6, 6.07) is 11.2. The molecule has 0 amide bonds. The smallest absolute Gasteiger partial charge is 0.355 e. The van der Waals surface area contributed by atoms with Crippen LogP contribution in [0.3, 0.4) is 0 Å². The first-order valence-corrected chi connectivity index (χ1v) is 12.3. The van der Waals surface area contributed by atoms with Crippen molar-refractivity contribution < 1.29 is 14.7 Å². The van der Waals surface area contributed by atoms with E-state index in [1.165, 1.54) is 25.5 Å². The molecule has 0 radical (unpaired) electrons. The second-order valence-electron chi connectivity index (χ2n) is 9.15. The molecule has 2 heterocycles. The Kier molecular flexibility index (Phi) is 7.83. The van der Waals surface area contributed by atoms with Gasteiger partial charge >= 0.3 is 5.97 Å². The van der Waals surface area contributed by atoms with E-state index < -0.39 is 5.97 Å². The molecule has 1 aliphatic rings. The maximum absolute atomic E-state index is 12.9. The average molecular weight is 461 g/mol. The molecule has 0 unspecified atom stereocenters. The number of pyridine rings is 1. The molecule has 1 N–H and O–H groups in total. The number of hydrogen-bond donors (Lipinski definition) is 1. The molecule has 7 heteroatoms. The lowest BCUT2D eigenvalue weighted by Crippen LogP contribution is -2.13. The van der Waals surface area contributed by atoms with Gasteiger partial charge in [-0.1, -0.05) is 75.8 Å². The van der Waals surface area contributed by atoms with Crippen molar-refractivity contribution in [2.75, 3.05) is 0 Å². The van der Waals surface area contributed by atoms with E-state index in [0.29, 0.717) is 30.3 Å². The summed E-state index contributed by atoms with van der Waals surface area (Å²) >= 11 is 0. The number of Topliss-reactive ketones (excluding diaryl/α,β-unsaturated/α-hetero) is 1. The van der Waals surface area contributed by atoms with E-state index >= 15 is 0 Å². The molecule has 1 aromatic carbocycles. The number of unbranched alkanes of at least 4 members (excludes halogenated alkanes) is 1. The third-order valence-electron chi connectivity index (χ3n) is 6.56. The summed E-state index contributed by atoms with van der Waals surface area (Å²) in [5.41, 5.74) is 2.43. The van der Waals surface area contributed by atoms with Gasteiger partial charge in [0, 0.05) is 24.6 Å². The Labute approximate surface area is 200 Å². The quantitative estimate of drug-likeness (QED) is 0.397. The zero-order valence-electron chi connectivity index (χ0n) is 19.7. The van der Waals surface area contributed by atoms with Crippen LogP contribution in [0, 0.1) is 5.92 Å². The Morgan fingerprint density at radius 2 is 1.85 bits per heavy atom. The molecule has 34 heavy (non-hydrogen) atoms. The van der Waals surface area contributed by atoms with E-state index in [2.05, 4.69) is 22.0 Å². The van der Waals surface area contributed by atoms with Crippen LogP contribution >= 0.6 is 0 Å². The summed E-state index contributed by atoms with van der Waals surface area (Å²) in [7, 11) is 0. The van der Waals surface area contributed by atoms with Crippen molar-refractivity contribution >= 4 is 11.8 Å². The van der Waals surface area contributed by atoms with Crippen LogP contribution in [0.4, 0.5) is 0 Å². The lowest BCUT2D eigenvalue weighted by Gasteiger charge is -2.19. The summed E-state index contributed by atoms with van der Waals surface area (Å²) in [6.07, 6.45) is 10.8. The van der Waals surface area contributed by atoms with Gasteiger partial charge in [0.05, 0.1) is 6.54 Å². The minimum atomic E-state index is -1.05. The molecule has 0 aliphatic heterocycles. The number of ketones is 1. The Morgan fingerprint density at radius 3 is 2.56 bits per heavy atom. The van der Waals surface area contributed by atoms with E-state index in [0.717, 1.165) is 49.1 Å². The molecule has 1 saturated carbocycles. The monoisotopic (exact) mass is 460 g/mol. The van der Waals surface area contributed by atoms with E-state index in [4.69, 9.17) is 0 Å². The van der Waals surface area contributed by atoms with Crippen LogP contribution in [0.1, 0.15) is 90.8 Å². The fraction of sp³-hybridized carbons (Fsp3) is 0.444. The number of carbonyl (C=O) groups excluding carboxylic acids is 1. The molecule has 0 bridgehead atoms. The number of aromatic carboxylic acids is 1. The zero-order valence-corrected chi connectivity index (χ0v) is 19.7. The standard InChI is InChI=1S/C27H32N4O3/c1-2-3-11-24-29-26(23(32)17-19-8-5-4-6-9-19)30-31(24)18-20-12-14-21(15-13-20)22-10-7-16-28-25(22)27(33)34/h7,10,12-16,19H,2-6,8-9,11,17-18H2,1H3,(H,33,34). The topological polar surface area (TPSA) is 98.0 Å². The number of carboxylic acids is 1. The molecule has 1 fully saturated rings. The Balaban J connectivity index is 1.52. The van der Waals surface area contributed by atoms with Gasteiger partial charge in [-0.25, -0.2) is 19.4 Å². The van der Waals surface area contributed by atoms with Gasteiger partial charge in [-0.3, -0.25) is 4.79 Å². The lowest BCUT2D eigenvalue weighted by atomic mass is 9.86. The van der Waals surface area contributed by atoms with Gasteiger partial charge in [0.25, 0.3) is 0 Å². The Hall–Kier alpha value is -3.35. The second-order valence-corrected chi connectivity index (χ2v) is 9.15. The molecule has 0 saturated heterocycles. The Morgan fingerprint density at radius 1 is 1.09 bits per heavy atom. The van der Waals surface area contributed by atoms with Gasteiger partial charge in [0.2, 0.25) is 11.6 Å². The van der Waals surface area contributed by atoms with Crippen LogP contribution in [0.25, 0.3) is 11.1 Å².